The van der Waals surface area contributed by atoms with Crippen LogP contribution in [0.4, 0.5) is 0 Å². The molecule has 19 N–H and O–H groups in total. The Morgan fingerprint density at radius 3 is 1.63 bits per heavy atom. The van der Waals surface area contributed by atoms with E-state index in [4.69, 9.17) is 71.1 Å². The minimum Gasteiger partial charge on any atom is -0.493 e. The van der Waals surface area contributed by atoms with E-state index in [-0.39, 0.29) is 32.1 Å². The lowest BCUT2D eigenvalue weighted by molar-refractivity contribution is -0.391. The number of hydrogen-bond donors (Lipinski definition) is 19. The average Bonchev–Trinajstić information content (AvgIpc) is 0.668. The fraction of sp³-hybridized carbons (Fsp3) is 0.829. The average molecular weight is 1620 g/mol. The van der Waals surface area contributed by atoms with Crippen LogP contribution < -0.4 is 9.47 Å². The highest BCUT2D eigenvalue weighted by Gasteiger charge is 2.74. The summed E-state index contributed by atoms with van der Waals surface area (Å²) in [5.74, 6) is -4.14. The maximum Gasteiger partial charge on any atom is 0.331 e. The Hall–Kier alpha value is -4.45. The number of carbonyl (C=O) groups excluding carboxylic acids is 2. The first-order valence-electron chi connectivity index (χ1n) is 38.7. The number of benzene rings is 1. The van der Waals surface area contributed by atoms with Crippen LogP contribution in [-0.2, 0) is 76.0 Å². The van der Waals surface area contributed by atoms with Crippen LogP contribution in [0.5, 0.6) is 11.5 Å². The van der Waals surface area contributed by atoms with Crippen LogP contribution in [0, 0.1) is 50.2 Å². The maximum atomic E-state index is 16.1. The summed E-state index contributed by atoms with van der Waals surface area (Å²) in [6.45, 7) is 8.76. The van der Waals surface area contributed by atoms with E-state index in [1.807, 2.05) is 13.0 Å². The van der Waals surface area contributed by atoms with Gasteiger partial charge in [0.05, 0.1) is 76.4 Å². The topological polar surface area (TPSA) is 574 Å². The Bertz CT molecular complexity index is 3530. The number of aliphatic hydroxyl groups is 18. The minimum absolute atomic E-state index is 0.0200. The van der Waals surface area contributed by atoms with Crippen LogP contribution in [0.25, 0.3) is 6.08 Å². The van der Waals surface area contributed by atoms with Crippen LogP contribution in [-0.4, -0.2) is 353 Å². The van der Waals surface area contributed by atoms with E-state index >= 15 is 4.79 Å². The van der Waals surface area contributed by atoms with Crippen molar-refractivity contribution in [3.05, 3.63) is 41.5 Å². The zero-order chi connectivity index (χ0) is 82.4. The molecule has 0 aromatic heterocycles. The second kappa shape index (κ2) is 34.0. The smallest absolute Gasteiger partial charge is 0.331 e. The number of hydrogen-bond acceptors (Lipinski definition) is 36. The third kappa shape index (κ3) is 15.6. The number of fused-ring (bicyclic) bond motifs is 7. The molecule has 6 heterocycles. The van der Waals surface area contributed by atoms with Gasteiger partial charge in [0.15, 0.2) is 55.2 Å². The number of ether oxygens (including phenoxy) is 15. The second-order valence-corrected chi connectivity index (χ2v) is 34.1. The summed E-state index contributed by atoms with van der Waals surface area (Å²) in [6.07, 6.45) is -49.2. The normalized spacial score (nSPS) is 49.2. The quantitative estimate of drug-likeness (QED) is 0.0226. The van der Waals surface area contributed by atoms with Crippen molar-refractivity contribution in [1.29, 1.82) is 0 Å². The highest BCUT2D eigenvalue weighted by Crippen LogP contribution is 2.76. The van der Waals surface area contributed by atoms with E-state index in [9.17, 15) is 107 Å². The highest BCUT2D eigenvalue weighted by atomic mass is 16.8. The molecule has 12 rings (SSSR count). The van der Waals surface area contributed by atoms with Gasteiger partial charge >= 0.3 is 17.9 Å². The van der Waals surface area contributed by atoms with Gasteiger partial charge in [0.1, 0.15) is 122 Å². The molecular formula is C76H114O37. The maximum absolute atomic E-state index is 16.1. The molecule has 6 saturated heterocycles. The third-order valence-corrected chi connectivity index (χ3v) is 27.3. The zero-order valence-electron chi connectivity index (χ0n) is 64.3. The molecule has 0 radical (unpaired) electrons. The molecule has 37 heteroatoms. The minimum atomic E-state index is -2.19. The van der Waals surface area contributed by atoms with Crippen LogP contribution in [0.15, 0.2) is 35.9 Å². The first-order valence-corrected chi connectivity index (χ1v) is 38.7. The Morgan fingerprint density at radius 2 is 1.05 bits per heavy atom. The number of aliphatic carboxylic acids is 1. The number of esters is 2. The summed E-state index contributed by atoms with van der Waals surface area (Å²) in [4.78, 5) is 44.0. The van der Waals surface area contributed by atoms with Gasteiger partial charge in [0.25, 0.3) is 0 Å². The monoisotopic (exact) mass is 1620 g/mol. The summed E-state index contributed by atoms with van der Waals surface area (Å²) >= 11 is 0. The SMILES string of the molecule is COc1ccc(C=CC(=O)O[C@H]2[C@@H](O)[C@H](O[C@H]3O[C@H](C)[C@@H](O[C@@H]4OC[C@@H](O[C@@H]5O[C@H](CO)[C@H](O)[C@H](O)[C@H]5O)[C@H](O[C@@H]5O[C@H](CO)[C@@H](O)[C@H](O)[C@H]5O)[C@H]4O)[C@H](O)[C@@H]3O)[C@@H](OC(=O)[C@]34CCC(C)(C)C[C@H]3C3=CC[C@@H]5[C@@]6(C)C[C@H](O)[C@H](O[C@@H]7O[C@H](CO)[C@@H](O)[C@H](O)[C@H]7O)[C@@](C)(C(=O)O)[C@@H]6CC[C@@]5(C)[C@]3(CO)CC4)O[C@H]2C)cc1OC. The molecule has 1 aromatic rings. The predicted molar refractivity (Wildman–Crippen MR) is 376 cm³/mol. The molecule has 113 heavy (non-hydrogen) atoms. The molecule has 0 unspecified atom stereocenters. The Balaban J connectivity index is 0.814. The van der Waals surface area contributed by atoms with Crippen molar-refractivity contribution in [2.45, 2.75) is 297 Å². The van der Waals surface area contributed by atoms with Crippen molar-refractivity contribution >= 4 is 24.0 Å². The molecule has 0 spiro atoms. The molecular weight excluding hydrogens is 1500 g/mol. The van der Waals surface area contributed by atoms with Gasteiger partial charge in [-0.2, -0.15) is 0 Å². The van der Waals surface area contributed by atoms with Gasteiger partial charge in [-0.1, -0.05) is 45.4 Å². The molecule has 0 bridgehead atoms. The molecule has 37 nitrogen and oxygen atoms in total. The van der Waals surface area contributed by atoms with Gasteiger partial charge in [0, 0.05) is 11.5 Å². The van der Waals surface area contributed by atoms with Gasteiger partial charge in [-0.25, -0.2) is 4.79 Å². The molecule has 0 amide bonds. The van der Waals surface area contributed by atoms with E-state index in [2.05, 4.69) is 20.8 Å². The fourth-order valence-corrected chi connectivity index (χ4v) is 20.8. The lowest BCUT2D eigenvalue weighted by Gasteiger charge is -2.71. The van der Waals surface area contributed by atoms with E-state index < -0.39 is 292 Å². The number of carbonyl (C=O) groups is 3. The van der Waals surface area contributed by atoms with E-state index in [0.29, 0.717) is 42.7 Å². The van der Waals surface area contributed by atoms with Crippen molar-refractivity contribution in [2.24, 2.45) is 50.2 Å². The summed E-state index contributed by atoms with van der Waals surface area (Å²) in [7, 11) is 2.88. The number of carboxylic acid groups (broad SMARTS) is 1. The molecule has 11 aliphatic rings. The Labute approximate surface area is 651 Å². The molecule has 10 fully saturated rings. The van der Waals surface area contributed by atoms with Gasteiger partial charge in [-0.3, -0.25) is 9.59 Å². The van der Waals surface area contributed by atoms with Gasteiger partial charge in [-0.05, 0) is 136 Å². The van der Waals surface area contributed by atoms with Crippen molar-refractivity contribution in [3.8, 4) is 11.5 Å². The van der Waals surface area contributed by atoms with Crippen molar-refractivity contribution in [3.63, 3.8) is 0 Å². The van der Waals surface area contributed by atoms with E-state index in [1.54, 1.807) is 18.2 Å². The number of rotatable bonds is 22. The van der Waals surface area contributed by atoms with Crippen LogP contribution >= 0.6 is 0 Å². The summed E-state index contributed by atoms with van der Waals surface area (Å²) in [5.41, 5.74) is -5.30. The van der Waals surface area contributed by atoms with Crippen molar-refractivity contribution in [1.82, 2.24) is 0 Å². The largest absolute Gasteiger partial charge is 0.493 e. The number of allylic oxidation sites excluding steroid dienone is 1. The van der Waals surface area contributed by atoms with Crippen molar-refractivity contribution < 1.29 is 182 Å². The second-order valence-electron chi connectivity index (χ2n) is 34.1. The van der Waals surface area contributed by atoms with Crippen LogP contribution in [0.1, 0.15) is 112 Å². The third-order valence-electron chi connectivity index (χ3n) is 27.3. The number of carboxylic acids is 1. The van der Waals surface area contributed by atoms with Gasteiger partial charge in [0.2, 0.25) is 6.29 Å². The summed E-state index contributed by atoms with van der Waals surface area (Å²) in [6, 6.07) is 4.83. The van der Waals surface area contributed by atoms with E-state index in [1.165, 1.54) is 41.1 Å². The lowest BCUT2D eigenvalue weighted by atomic mass is 9.33. The predicted octanol–water partition coefficient (Wildman–Crippen LogP) is -4.40. The van der Waals surface area contributed by atoms with Crippen molar-refractivity contribution in [2.75, 3.05) is 47.3 Å². The van der Waals surface area contributed by atoms with Gasteiger partial charge in [-0.15, -0.1) is 0 Å². The standard InChI is InChI=1S/C76H114O37/c1-30-58(109-63-57(95)60(110-66-53(91)49(87)46(84)39(26-78)105-66)41(28-101-63)107-65-52(90)48(86)45(83)38(25-77)104-65)51(89)55(93)64(102-30)111-61-56(94)59(108-44(82)15-11-32-10-13-36(99-8)37(22-32)100-9)31(2)103-68(61)113-70(98)75-19-18-71(3,4)23-34(75)33-12-14-42-72(5)24-35(81)62(112-67-54(92)50(88)47(85)40(27-79)106-67)74(7,69(96)97)43(72)16-17-73(42,6)76(33,29-80)21-20-75/h10-13,15,22,30-31,34-35,38-43,45-68,77-81,83-95H,14,16-21,23-29H2,1-9H3,(H,96,97)/t30-,31+,34+,35+,38-,39-,40-,41-,42-,43-,45+,46-,47-,48+,49+,50+,51-,52-,53-,54-,55+,56-,57-,58-,59-,60+,61+,62+,63+,64-,65+,66+,67+,68-,72-,73-,74+,75+,76+/m1/s1. The first kappa shape index (κ1) is 87.9. The summed E-state index contributed by atoms with van der Waals surface area (Å²) < 4.78 is 89.4. The lowest BCUT2D eigenvalue weighted by Crippen LogP contribution is -2.71. The van der Waals surface area contributed by atoms with Gasteiger partial charge < -0.3 is 168 Å². The Morgan fingerprint density at radius 1 is 0.522 bits per heavy atom. The first-order chi connectivity index (χ1) is 53.3. The van der Waals surface area contributed by atoms with Crippen LogP contribution in [0.2, 0.25) is 0 Å². The van der Waals surface area contributed by atoms with Crippen LogP contribution in [0.3, 0.4) is 0 Å². The zero-order valence-corrected chi connectivity index (χ0v) is 64.3. The highest BCUT2D eigenvalue weighted by molar-refractivity contribution is 5.87. The van der Waals surface area contributed by atoms with E-state index in [0.717, 1.165) is 11.6 Å². The molecule has 39 atom stereocenters. The molecule has 6 aliphatic heterocycles. The molecule has 1 aromatic carbocycles. The Kier molecular flexibility index (Phi) is 26.4. The molecule has 5 aliphatic carbocycles. The molecule has 4 saturated carbocycles. The fourth-order valence-electron chi connectivity index (χ4n) is 20.8. The summed E-state index contributed by atoms with van der Waals surface area (Å²) in [5, 5.41) is 212. The number of aliphatic hydroxyl groups excluding tert-OH is 18. The molecule has 640 valence electrons. The number of methoxy groups -OCH3 is 2.